The van der Waals surface area contributed by atoms with Gasteiger partial charge in [0.15, 0.2) is 0 Å². The van der Waals surface area contributed by atoms with Crippen LogP contribution in [0.5, 0.6) is 0 Å². The van der Waals surface area contributed by atoms with Crippen LogP contribution in [-0.2, 0) is 14.3 Å². The van der Waals surface area contributed by atoms with Gasteiger partial charge in [-0.3, -0.25) is 9.59 Å². The van der Waals surface area contributed by atoms with Crippen LogP contribution in [-0.4, -0.2) is 41.8 Å². The van der Waals surface area contributed by atoms with Crippen LogP contribution in [0.3, 0.4) is 0 Å². The first-order valence-corrected chi connectivity index (χ1v) is 11.8. The number of fused-ring (bicyclic) bond motifs is 3. The van der Waals surface area contributed by atoms with Crippen molar-refractivity contribution in [3.8, 4) is 11.1 Å². The Hall–Kier alpha value is -3.35. The number of hydrogen-bond acceptors (Lipinski definition) is 4. The fraction of sp³-hybridized carbons (Fsp3) is 0.444. The van der Waals surface area contributed by atoms with Crippen LogP contribution in [0.1, 0.15) is 64.0 Å². The van der Waals surface area contributed by atoms with Crippen LogP contribution >= 0.6 is 0 Å². The Bertz CT molecular complexity index is 998. The maximum atomic E-state index is 13.0. The van der Waals surface area contributed by atoms with Crippen molar-refractivity contribution in [2.24, 2.45) is 5.41 Å². The zero-order valence-corrected chi connectivity index (χ0v) is 20.3. The number of aliphatic carboxylic acids is 1. The molecule has 2 amide bonds. The molecular weight excluding hydrogens is 432 g/mol. The average molecular weight is 467 g/mol. The molecule has 2 aromatic carbocycles. The molecule has 3 N–H and O–H groups in total. The molecule has 2 atom stereocenters. The highest BCUT2D eigenvalue weighted by atomic mass is 16.5. The van der Waals surface area contributed by atoms with Crippen LogP contribution in [0, 0.1) is 5.41 Å². The summed E-state index contributed by atoms with van der Waals surface area (Å²) in [4.78, 5) is 36.9. The van der Waals surface area contributed by atoms with E-state index in [2.05, 4.69) is 22.8 Å². The van der Waals surface area contributed by atoms with Gasteiger partial charge in [0.25, 0.3) is 0 Å². The first kappa shape index (κ1) is 25.3. The van der Waals surface area contributed by atoms with E-state index in [-0.39, 0.29) is 18.9 Å². The van der Waals surface area contributed by atoms with Gasteiger partial charge in [-0.25, -0.2) is 4.79 Å². The Kier molecular flexibility index (Phi) is 7.97. The summed E-state index contributed by atoms with van der Waals surface area (Å²) in [5.74, 6) is -1.47. The third-order valence-corrected chi connectivity index (χ3v) is 6.14. The quantitative estimate of drug-likeness (QED) is 0.497. The van der Waals surface area contributed by atoms with Gasteiger partial charge in [0, 0.05) is 12.0 Å². The number of benzene rings is 2. The van der Waals surface area contributed by atoms with E-state index in [4.69, 9.17) is 9.84 Å². The van der Waals surface area contributed by atoms with Crippen LogP contribution < -0.4 is 10.6 Å². The molecule has 0 aromatic heterocycles. The van der Waals surface area contributed by atoms with Crippen LogP contribution in [0.15, 0.2) is 48.5 Å². The lowest BCUT2D eigenvalue weighted by Gasteiger charge is -2.31. The lowest BCUT2D eigenvalue weighted by molar-refractivity contribution is -0.138. The third kappa shape index (κ3) is 5.95. The highest BCUT2D eigenvalue weighted by Crippen LogP contribution is 2.44. The second-order valence-corrected chi connectivity index (χ2v) is 9.86. The van der Waals surface area contributed by atoms with Crippen LogP contribution in [0.2, 0.25) is 0 Å². The highest BCUT2D eigenvalue weighted by molar-refractivity contribution is 5.87. The van der Waals surface area contributed by atoms with Crippen molar-refractivity contribution in [1.82, 2.24) is 10.6 Å². The van der Waals surface area contributed by atoms with Gasteiger partial charge in [-0.05, 0) is 34.1 Å². The standard InChI is InChI=1S/C27H34N2O5/c1-5-10-17(15-23(30)31)28-25(32)24(27(2,3)4)29-26(33)34-16-22-20-13-8-6-11-18(20)19-12-7-9-14-21(19)22/h6-9,11-14,17,22,24H,5,10,15-16H2,1-4H3,(H,28,32)(H,29,33)(H,30,31)/t17-,24+/m0/s1. The number of hydrogen-bond donors (Lipinski definition) is 3. The Balaban J connectivity index is 1.68. The largest absolute Gasteiger partial charge is 0.481 e. The normalized spacial score (nSPS) is 14.5. The number of carboxylic acid groups (broad SMARTS) is 1. The average Bonchev–Trinajstić information content (AvgIpc) is 3.08. The van der Waals surface area contributed by atoms with Gasteiger partial charge in [-0.15, -0.1) is 0 Å². The number of ether oxygens (including phenoxy) is 1. The van der Waals surface area contributed by atoms with E-state index >= 15 is 0 Å². The molecule has 0 saturated heterocycles. The lowest BCUT2D eigenvalue weighted by atomic mass is 9.86. The number of nitrogens with one attached hydrogen (secondary N) is 2. The molecule has 0 radical (unpaired) electrons. The van der Waals surface area contributed by atoms with Crippen molar-refractivity contribution < 1.29 is 24.2 Å². The van der Waals surface area contributed by atoms with E-state index in [1.165, 1.54) is 0 Å². The van der Waals surface area contributed by atoms with Crippen LogP contribution in [0.25, 0.3) is 11.1 Å². The molecule has 0 heterocycles. The number of carbonyl (C=O) groups is 3. The minimum atomic E-state index is -0.976. The second kappa shape index (κ2) is 10.7. The fourth-order valence-corrected chi connectivity index (χ4v) is 4.50. The molecule has 2 aromatic rings. The Morgan fingerprint density at radius 1 is 0.971 bits per heavy atom. The van der Waals surface area contributed by atoms with E-state index in [0.29, 0.717) is 6.42 Å². The second-order valence-electron chi connectivity index (χ2n) is 9.86. The summed E-state index contributed by atoms with van der Waals surface area (Å²) in [6, 6.07) is 14.8. The van der Waals surface area contributed by atoms with Crippen molar-refractivity contribution in [2.75, 3.05) is 6.61 Å². The van der Waals surface area contributed by atoms with Gasteiger partial charge in [-0.2, -0.15) is 0 Å². The third-order valence-electron chi connectivity index (χ3n) is 6.14. The van der Waals surface area contributed by atoms with E-state index < -0.39 is 35.5 Å². The molecule has 7 heteroatoms. The topological polar surface area (TPSA) is 105 Å². The molecule has 0 spiro atoms. The van der Waals surface area contributed by atoms with E-state index in [0.717, 1.165) is 28.7 Å². The van der Waals surface area contributed by atoms with E-state index in [1.54, 1.807) is 0 Å². The summed E-state index contributed by atoms with van der Waals surface area (Å²) in [6.45, 7) is 7.60. The predicted molar refractivity (Wildman–Crippen MR) is 131 cm³/mol. The molecule has 0 saturated carbocycles. The molecule has 0 bridgehead atoms. The van der Waals surface area contributed by atoms with E-state index in [1.807, 2.05) is 64.1 Å². The fourth-order valence-electron chi connectivity index (χ4n) is 4.50. The summed E-state index contributed by atoms with van der Waals surface area (Å²) in [7, 11) is 0. The smallest absolute Gasteiger partial charge is 0.407 e. The molecule has 0 unspecified atom stereocenters. The lowest BCUT2D eigenvalue weighted by Crippen LogP contribution is -2.55. The zero-order chi connectivity index (χ0) is 24.9. The molecule has 1 aliphatic carbocycles. The summed E-state index contributed by atoms with van der Waals surface area (Å²) < 4.78 is 5.61. The van der Waals surface area contributed by atoms with Crippen LogP contribution in [0.4, 0.5) is 4.79 Å². The van der Waals surface area contributed by atoms with Crippen molar-refractivity contribution in [1.29, 1.82) is 0 Å². The monoisotopic (exact) mass is 466 g/mol. The predicted octanol–water partition coefficient (Wildman–Crippen LogP) is 4.70. The molecule has 1 aliphatic rings. The minimum Gasteiger partial charge on any atom is -0.481 e. The maximum absolute atomic E-state index is 13.0. The highest BCUT2D eigenvalue weighted by Gasteiger charge is 2.35. The molecule has 7 nitrogen and oxygen atoms in total. The summed E-state index contributed by atoms with van der Waals surface area (Å²) >= 11 is 0. The number of amides is 2. The number of alkyl carbamates (subject to hydrolysis) is 1. The van der Waals surface area contributed by atoms with Gasteiger partial charge in [-0.1, -0.05) is 82.6 Å². The van der Waals surface area contributed by atoms with Gasteiger partial charge in [0.1, 0.15) is 12.6 Å². The van der Waals surface area contributed by atoms with Crippen molar-refractivity contribution in [3.05, 3.63) is 59.7 Å². The van der Waals surface area contributed by atoms with Gasteiger partial charge < -0.3 is 20.5 Å². The van der Waals surface area contributed by atoms with Crippen molar-refractivity contribution in [3.63, 3.8) is 0 Å². The first-order valence-electron chi connectivity index (χ1n) is 11.8. The number of rotatable bonds is 9. The Labute approximate surface area is 200 Å². The zero-order valence-electron chi connectivity index (χ0n) is 20.3. The van der Waals surface area contributed by atoms with Crippen molar-refractivity contribution >= 4 is 18.0 Å². The molecule has 3 rings (SSSR count). The molecule has 0 aliphatic heterocycles. The molecular formula is C27H34N2O5. The SMILES string of the molecule is CCC[C@@H](CC(=O)O)NC(=O)[C@@H](NC(=O)OCC1c2ccccc2-c2ccccc21)C(C)(C)C. The number of carbonyl (C=O) groups excluding carboxylic acids is 2. The first-order chi connectivity index (χ1) is 16.1. The molecule has 34 heavy (non-hydrogen) atoms. The number of carboxylic acids is 1. The van der Waals surface area contributed by atoms with Gasteiger partial charge in [0.05, 0.1) is 6.42 Å². The van der Waals surface area contributed by atoms with Gasteiger partial charge >= 0.3 is 12.1 Å². The van der Waals surface area contributed by atoms with E-state index in [9.17, 15) is 14.4 Å². The molecule has 182 valence electrons. The minimum absolute atomic E-state index is 0.0791. The maximum Gasteiger partial charge on any atom is 0.407 e. The summed E-state index contributed by atoms with van der Waals surface area (Å²) in [5.41, 5.74) is 3.89. The summed E-state index contributed by atoms with van der Waals surface area (Å²) in [6.07, 6.45) is 0.432. The van der Waals surface area contributed by atoms with Gasteiger partial charge in [0.2, 0.25) is 5.91 Å². The summed E-state index contributed by atoms with van der Waals surface area (Å²) in [5, 5.41) is 14.6. The van der Waals surface area contributed by atoms with Crippen molar-refractivity contribution in [2.45, 2.75) is 65.0 Å². The Morgan fingerprint density at radius 2 is 1.53 bits per heavy atom. The molecule has 0 fully saturated rings. The Morgan fingerprint density at radius 3 is 2.03 bits per heavy atom.